The Labute approximate surface area is 137 Å². The smallest absolute Gasteiger partial charge is 0.378 e. The third-order valence-electron chi connectivity index (χ3n) is 3.55. The Balaban J connectivity index is 1.93. The average molecular weight is 366 g/mol. The summed E-state index contributed by atoms with van der Waals surface area (Å²) in [6.45, 7) is 0.625. The van der Waals surface area contributed by atoms with Crippen molar-refractivity contribution in [2.45, 2.75) is 49.4 Å². The number of amides is 1. The van der Waals surface area contributed by atoms with Gasteiger partial charge >= 0.3 is 6.18 Å². The Morgan fingerprint density at radius 3 is 2.62 bits per heavy atom. The molecule has 1 aliphatic heterocycles. The molecule has 2 heterocycles. The van der Waals surface area contributed by atoms with Crippen molar-refractivity contribution in [3.05, 3.63) is 23.9 Å². The number of nitrogens with one attached hydrogen (secondary N) is 1. The van der Waals surface area contributed by atoms with Crippen LogP contribution in [0.1, 0.15) is 37.7 Å². The molecule has 24 heavy (non-hydrogen) atoms. The second-order valence-corrected chi connectivity index (χ2v) is 7.07. The van der Waals surface area contributed by atoms with Crippen molar-refractivity contribution in [2.75, 3.05) is 6.61 Å². The molecule has 1 aromatic rings. The van der Waals surface area contributed by atoms with Crippen LogP contribution in [-0.4, -0.2) is 32.0 Å². The van der Waals surface area contributed by atoms with E-state index < -0.39 is 32.7 Å². The molecule has 0 bridgehead atoms. The summed E-state index contributed by atoms with van der Waals surface area (Å²) >= 11 is 0. The number of alkyl halides is 3. The van der Waals surface area contributed by atoms with Crippen LogP contribution < -0.4 is 4.72 Å². The molecule has 134 valence electrons. The van der Waals surface area contributed by atoms with Crippen molar-refractivity contribution < 1.29 is 31.1 Å². The van der Waals surface area contributed by atoms with Gasteiger partial charge < -0.3 is 4.74 Å². The maximum atomic E-state index is 12.4. The molecule has 0 radical (unpaired) electrons. The Bertz CT molecular complexity index is 668. The minimum absolute atomic E-state index is 0.0511. The highest BCUT2D eigenvalue weighted by molar-refractivity contribution is 7.90. The number of rotatable bonds is 5. The van der Waals surface area contributed by atoms with Gasteiger partial charge in [-0.1, -0.05) is 0 Å². The zero-order valence-corrected chi connectivity index (χ0v) is 13.5. The van der Waals surface area contributed by atoms with E-state index in [0.717, 1.165) is 19.3 Å². The number of hydrogen-bond donors (Lipinski definition) is 1. The van der Waals surface area contributed by atoms with Gasteiger partial charge in [-0.05, 0) is 37.8 Å². The molecule has 6 nitrogen and oxygen atoms in total. The van der Waals surface area contributed by atoms with Gasteiger partial charge in [0.15, 0.2) is 5.03 Å². The molecule has 0 aliphatic carbocycles. The van der Waals surface area contributed by atoms with E-state index in [2.05, 4.69) is 4.98 Å². The summed E-state index contributed by atoms with van der Waals surface area (Å²) in [7, 11) is -4.29. The van der Waals surface area contributed by atoms with Crippen LogP contribution in [0.15, 0.2) is 23.4 Å². The van der Waals surface area contributed by atoms with Gasteiger partial charge in [-0.3, -0.25) is 4.79 Å². The van der Waals surface area contributed by atoms with Crippen LogP contribution in [0.4, 0.5) is 13.2 Å². The highest BCUT2D eigenvalue weighted by Gasteiger charge is 2.31. The van der Waals surface area contributed by atoms with E-state index in [1.54, 1.807) is 4.72 Å². The maximum Gasteiger partial charge on any atom is 0.417 e. The lowest BCUT2D eigenvalue weighted by molar-refractivity contribution is -0.137. The van der Waals surface area contributed by atoms with Crippen molar-refractivity contribution in [1.29, 1.82) is 0 Å². The lowest BCUT2D eigenvalue weighted by Gasteiger charge is -2.22. The summed E-state index contributed by atoms with van der Waals surface area (Å²) in [4.78, 5) is 15.0. The number of carbonyl (C=O) groups is 1. The first-order chi connectivity index (χ1) is 11.2. The van der Waals surface area contributed by atoms with Crippen molar-refractivity contribution in [3.63, 3.8) is 0 Å². The predicted octanol–water partition coefficient (Wildman–Crippen LogP) is 2.25. The van der Waals surface area contributed by atoms with Crippen LogP contribution in [0.2, 0.25) is 0 Å². The summed E-state index contributed by atoms with van der Waals surface area (Å²) in [5.41, 5.74) is -1.07. The Morgan fingerprint density at radius 2 is 2.08 bits per heavy atom. The molecule has 1 atom stereocenters. The van der Waals surface area contributed by atoms with Crippen molar-refractivity contribution in [2.24, 2.45) is 0 Å². The lowest BCUT2D eigenvalue weighted by atomic mass is 10.0. The van der Waals surface area contributed by atoms with E-state index in [1.807, 2.05) is 0 Å². The fraction of sp³-hybridized carbons (Fsp3) is 0.571. The summed E-state index contributed by atoms with van der Waals surface area (Å²) < 4.78 is 68.4. The van der Waals surface area contributed by atoms with E-state index >= 15 is 0 Å². The van der Waals surface area contributed by atoms with Gasteiger partial charge in [0, 0.05) is 19.2 Å². The number of carbonyl (C=O) groups excluding carboxylic acids is 1. The molecule has 1 N–H and O–H groups in total. The topological polar surface area (TPSA) is 85.4 Å². The third-order valence-corrected chi connectivity index (χ3v) is 4.84. The van der Waals surface area contributed by atoms with Gasteiger partial charge in [-0.15, -0.1) is 0 Å². The van der Waals surface area contributed by atoms with Gasteiger partial charge in [-0.2, -0.15) is 21.6 Å². The number of pyridine rings is 1. The number of sulfonamides is 1. The fourth-order valence-corrected chi connectivity index (χ4v) is 3.23. The number of ether oxygens (including phenoxy) is 1. The first-order valence-corrected chi connectivity index (χ1v) is 8.87. The normalized spacial score (nSPS) is 19.0. The molecule has 2 rings (SSSR count). The maximum absolute atomic E-state index is 12.4. The Hall–Kier alpha value is -1.68. The molecule has 0 aromatic carbocycles. The molecule has 1 aromatic heterocycles. The first-order valence-electron chi connectivity index (χ1n) is 7.39. The molecular formula is C14H17F3N2O4S. The van der Waals surface area contributed by atoms with Gasteiger partial charge in [-0.25, -0.2) is 9.71 Å². The monoisotopic (exact) mass is 366 g/mol. The second-order valence-electron chi connectivity index (χ2n) is 5.44. The van der Waals surface area contributed by atoms with Crippen LogP contribution in [-0.2, 0) is 25.7 Å². The van der Waals surface area contributed by atoms with Crippen molar-refractivity contribution >= 4 is 15.9 Å². The number of halogens is 3. The van der Waals surface area contributed by atoms with E-state index in [0.29, 0.717) is 31.4 Å². The molecule has 1 amide bonds. The van der Waals surface area contributed by atoms with Gasteiger partial charge in [0.05, 0.1) is 11.7 Å². The predicted molar refractivity (Wildman–Crippen MR) is 77.4 cm³/mol. The van der Waals surface area contributed by atoms with Crippen molar-refractivity contribution in [3.8, 4) is 0 Å². The quantitative estimate of drug-likeness (QED) is 0.864. The van der Waals surface area contributed by atoms with E-state index in [1.165, 1.54) is 0 Å². The largest absolute Gasteiger partial charge is 0.417 e. The van der Waals surface area contributed by atoms with Crippen molar-refractivity contribution in [1.82, 2.24) is 9.71 Å². The number of hydrogen-bond acceptors (Lipinski definition) is 5. The molecular weight excluding hydrogens is 349 g/mol. The minimum Gasteiger partial charge on any atom is -0.378 e. The van der Waals surface area contributed by atoms with Crippen LogP contribution in [0.5, 0.6) is 0 Å². The van der Waals surface area contributed by atoms with Crippen LogP contribution in [0.3, 0.4) is 0 Å². The van der Waals surface area contributed by atoms with Crippen LogP contribution in [0, 0.1) is 0 Å². The standard InChI is InChI=1S/C14H17F3N2O4S/c15-14(16,17)10-4-7-13(18-9-10)24(21,22)19-12(20)6-5-11-3-1-2-8-23-11/h4,7,9,11H,1-3,5-6,8H2,(H,19,20)/t11-/m1/s1. The zero-order valence-electron chi connectivity index (χ0n) is 12.7. The molecule has 1 saturated heterocycles. The van der Waals surface area contributed by atoms with Gasteiger partial charge in [0.1, 0.15) is 0 Å². The van der Waals surface area contributed by atoms with Crippen LogP contribution >= 0.6 is 0 Å². The SMILES string of the molecule is O=C(CC[C@H]1CCCCO1)NS(=O)(=O)c1ccc(C(F)(F)F)cn1. The highest BCUT2D eigenvalue weighted by Crippen LogP contribution is 2.28. The Morgan fingerprint density at radius 1 is 1.33 bits per heavy atom. The van der Waals surface area contributed by atoms with E-state index in [4.69, 9.17) is 4.74 Å². The summed E-state index contributed by atoms with van der Waals surface area (Å²) in [5, 5.41) is -0.641. The second kappa shape index (κ2) is 7.47. The molecule has 0 saturated carbocycles. The Kier molecular flexibility index (Phi) is 5.81. The first kappa shape index (κ1) is 18.7. The molecule has 1 fully saturated rings. The lowest BCUT2D eigenvalue weighted by Crippen LogP contribution is -2.32. The number of nitrogens with zero attached hydrogens (tertiary/aromatic N) is 1. The summed E-state index contributed by atoms with van der Waals surface area (Å²) in [6.07, 6.45) is -1.15. The fourth-order valence-electron chi connectivity index (χ4n) is 2.29. The van der Waals surface area contributed by atoms with Gasteiger partial charge in [0.25, 0.3) is 10.0 Å². The highest BCUT2D eigenvalue weighted by atomic mass is 32.2. The average Bonchev–Trinajstić information content (AvgIpc) is 2.53. The molecule has 1 aliphatic rings. The van der Waals surface area contributed by atoms with Gasteiger partial charge in [0.2, 0.25) is 5.91 Å². The third kappa shape index (κ3) is 5.17. The molecule has 0 unspecified atom stereocenters. The van der Waals surface area contributed by atoms with E-state index in [-0.39, 0.29) is 12.5 Å². The minimum atomic E-state index is -4.61. The van der Waals surface area contributed by atoms with Crippen LogP contribution in [0.25, 0.3) is 0 Å². The van der Waals surface area contributed by atoms with E-state index in [9.17, 15) is 26.4 Å². The zero-order chi connectivity index (χ0) is 17.8. The summed E-state index contributed by atoms with van der Waals surface area (Å²) in [5.74, 6) is -0.745. The molecule has 0 spiro atoms. The molecule has 10 heteroatoms. The number of aromatic nitrogens is 1. The summed E-state index contributed by atoms with van der Waals surface area (Å²) in [6, 6.07) is 1.31.